The summed E-state index contributed by atoms with van der Waals surface area (Å²) in [4.78, 5) is 4.40. The molecule has 1 aliphatic rings. The highest BCUT2D eigenvalue weighted by Gasteiger charge is 2.18. The van der Waals surface area contributed by atoms with Crippen LogP contribution in [0.3, 0.4) is 0 Å². The molecule has 0 atom stereocenters. The lowest BCUT2D eigenvalue weighted by molar-refractivity contribution is 0.632. The molecule has 1 heterocycles. The molecule has 0 unspecified atom stereocenters. The van der Waals surface area contributed by atoms with E-state index in [1.54, 1.807) is 6.07 Å². The minimum atomic E-state index is -0.396. The van der Waals surface area contributed by atoms with Crippen LogP contribution in [-0.2, 0) is 12.8 Å². The minimum absolute atomic E-state index is 0.340. The van der Waals surface area contributed by atoms with Crippen LogP contribution in [0.5, 0.6) is 0 Å². The van der Waals surface area contributed by atoms with Crippen LogP contribution in [0.25, 0.3) is 10.9 Å². The Balaban J connectivity index is 2.40. The number of hydrogen-bond donors (Lipinski definition) is 1. The highest BCUT2D eigenvalue weighted by molar-refractivity contribution is 6.31. The van der Waals surface area contributed by atoms with Crippen molar-refractivity contribution in [2.75, 3.05) is 5.73 Å². The van der Waals surface area contributed by atoms with Crippen LogP contribution in [0.4, 0.5) is 10.1 Å². The van der Waals surface area contributed by atoms with E-state index < -0.39 is 5.82 Å². The molecule has 0 spiro atoms. The Bertz CT molecular complexity index is 610. The lowest BCUT2D eigenvalue weighted by Gasteiger charge is -2.18. The highest BCUT2D eigenvalue weighted by atomic mass is 35.5. The Morgan fingerprint density at radius 1 is 1.24 bits per heavy atom. The zero-order chi connectivity index (χ0) is 12.0. The van der Waals surface area contributed by atoms with E-state index in [4.69, 9.17) is 17.3 Å². The second-order valence-electron chi connectivity index (χ2n) is 4.44. The van der Waals surface area contributed by atoms with Crippen LogP contribution in [0.2, 0.25) is 5.02 Å². The van der Waals surface area contributed by atoms with E-state index in [-0.39, 0.29) is 0 Å². The second kappa shape index (κ2) is 3.84. The zero-order valence-electron chi connectivity index (χ0n) is 9.26. The molecule has 4 heteroatoms. The van der Waals surface area contributed by atoms with E-state index in [2.05, 4.69) is 4.98 Å². The summed E-state index contributed by atoms with van der Waals surface area (Å²) in [5.74, 6) is -0.396. The van der Waals surface area contributed by atoms with Crippen molar-refractivity contribution in [3.63, 3.8) is 0 Å². The second-order valence-corrected chi connectivity index (χ2v) is 4.88. The van der Waals surface area contributed by atoms with Gasteiger partial charge in [-0.05, 0) is 43.4 Å². The molecular weight excluding hydrogens is 239 g/mol. The van der Waals surface area contributed by atoms with Gasteiger partial charge in [-0.1, -0.05) is 11.6 Å². The third-order valence-electron chi connectivity index (χ3n) is 3.33. The Hall–Kier alpha value is -1.35. The van der Waals surface area contributed by atoms with Crippen molar-refractivity contribution in [3.05, 3.63) is 34.2 Å². The predicted molar refractivity (Wildman–Crippen MR) is 67.8 cm³/mol. The molecule has 3 rings (SSSR count). The number of halogens is 2. The lowest BCUT2D eigenvalue weighted by atomic mass is 9.93. The van der Waals surface area contributed by atoms with Gasteiger partial charge in [-0.3, -0.25) is 0 Å². The number of nitrogens with two attached hydrogens (primary N) is 1. The van der Waals surface area contributed by atoms with Gasteiger partial charge in [0, 0.05) is 21.8 Å². The molecule has 0 saturated heterocycles. The van der Waals surface area contributed by atoms with E-state index in [0.717, 1.165) is 36.9 Å². The van der Waals surface area contributed by atoms with Gasteiger partial charge in [0.05, 0.1) is 0 Å². The number of nitrogen functional groups attached to an aromatic ring is 1. The first-order valence-corrected chi connectivity index (χ1v) is 6.10. The van der Waals surface area contributed by atoms with Crippen molar-refractivity contribution in [2.24, 2.45) is 0 Å². The Morgan fingerprint density at radius 3 is 2.82 bits per heavy atom. The molecule has 0 aliphatic heterocycles. The summed E-state index contributed by atoms with van der Waals surface area (Å²) in [6.45, 7) is 0. The number of anilines is 1. The molecule has 2 aromatic rings. The molecule has 0 radical (unpaired) electrons. The summed E-state index contributed by atoms with van der Waals surface area (Å²) in [6.07, 6.45) is 4.03. The number of hydrogen-bond acceptors (Lipinski definition) is 2. The monoisotopic (exact) mass is 250 g/mol. The topological polar surface area (TPSA) is 38.9 Å². The smallest absolute Gasteiger partial charge is 0.150 e. The number of rotatable bonds is 0. The summed E-state index contributed by atoms with van der Waals surface area (Å²) in [6, 6.07) is 2.97. The molecule has 0 saturated carbocycles. The number of aromatic nitrogens is 1. The van der Waals surface area contributed by atoms with Crippen molar-refractivity contribution < 1.29 is 4.39 Å². The quantitative estimate of drug-likeness (QED) is 0.777. The Kier molecular flexibility index (Phi) is 2.44. The number of aryl methyl sites for hydroxylation is 1. The number of fused-ring (bicyclic) bond motifs is 2. The first-order valence-electron chi connectivity index (χ1n) is 5.73. The lowest BCUT2D eigenvalue weighted by Crippen LogP contribution is -2.10. The van der Waals surface area contributed by atoms with Crippen molar-refractivity contribution >= 4 is 28.2 Å². The van der Waals surface area contributed by atoms with E-state index >= 15 is 0 Å². The van der Waals surface area contributed by atoms with Gasteiger partial charge in [-0.2, -0.15) is 0 Å². The van der Waals surface area contributed by atoms with Gasteiger partial charge < -0.3 is 5.73 Å². The molecule has 0 amide bonds. The maximum atomic E-state index is 13.8. The fourth-order valence-electron chi connectivity index (χ4n) is 2.49. The average molecular weight is 251 g/mol. The molecule has 88 valence electrons. The summed E-state index contributed by atoms with van der Waals surface area (Å²) in [5, 5.41) is 0.995. The maximum absolute atomic E-state index is 13.8. The molecule has 2 N–H and O–H groups in total. The molecule has 17 heavy (non-hydrogen) atoms. The Morgan fingerprint density at radius 2 is 2.00 bits per heavy atom. The van der Waals surface area contributed by atoms with Gasteiger partial charge in [-0.15, -0.1) is 0 Å². The summed E-state index contributed by atoms with van der Waals surface area (Å²) in [5.41, 5.74) is 9.12. The number of benzene rings is 1. The summed E-state index contributed by atoms with van der Waals surface area (Å²) < 4.78 is 13.8. The fourth-order valence-corrected chi connectivity index (χ4v) is 2.69. The van der Waals surface area contributed by atoms with E-state index in [1.165, 1.54) is 6.07 Å². The zero-order valence-corrected chi connectivity index (χ0v) is 10.0. The Labute approximate surface area is 104 Å². The van der Waals surface area contributed by atoms with Crippen LogP contribution < -0.4 is 5.73 Å². The highest BCUT2D eigenvalue weighted by Crippen LogP contribution is 2.33. The van der Waals surface area contributed by atoms with Crippen molar-refractivity contribution in [1.29, 1.82) is 0 Å². The van der Waals surface area contributed by atoms with Gasteiger partial charge in [0.1, 0.15) is 5.52 Å². The van der Waals surface area contributed by atoms with Crippen LogP contribution >= 0.6 is 11.6 Å². The largest absolute Gasteiger partial charge is 0.398 e. The van der Waals surface area contributed by atoms with Crippen LogP contribution in [0, 0.1) is 5.82 Å². The minimum Gasteiger partial charge on any atom is -0.398 e. The van der Waals surface area contributed by atoms with Crippen LogP contribution in [-0.4, -0.2) is 4.98 Å². The van der Waals surface area contributed by atoms with Gasteiger partial charge in [0.2, 0.25) is 0 Å². The van der Waals surface area contributed by atoms with Gasteiger partial charge in [0.25, 0.3) is 0 Å². The van der Waals surface area contributed by atoms with Crippen LogP contribution in [0.1, 0.15) is 24.1 Å². The maximum Gasteiger partial charge on any atom is 0.150 e. The van der Waals surface area contributed by atoms with E-state index in [9.17, 15) is 4.39 Å². The first kappa shape index (κ1) is 10.8. The number of pyridine rings is 1. The van der Waals surface area contributed by atoms with E-state index in [0.29, 0.717) is 21.6 Å². The summed E-state index contributed by atoms with van der Waals surface area (Å²) >= 11 is 5.86. The normalized spacial score (nSPS) is 14.9. The third kappa shape index (κ3) is 1.65. The average Bonchev–Trinajstić information content (AvgIpc) is 2.31. The fraction of sp³-hybridized carbons (Fsp3) is 0.308. The molecule has 1 aromatic carbocycles. The molecule has 0 bridgehead atoms. The van der Waals surface area contributed by atoms with Gasteiger partial charge in [-0.25, -0.2) is 9.37 Å². The van der Waals surface area contributed by atoms with Crippen molar-refractivity contribution in [1.82, 2.24) is 4.98 Å². The predicted octanol–water partition coefficient (Wildman–Crippen LogP) is 3.49. The standard InChI is InChI=1S/C13H12ClFN2/c14-7-5-9-12(16)8-3-1-2-4-11(8)17-13(9)10(15)6-7/h5-6H,1-4H2,(H2,16,17). The molecule has 0 fully saturated rings. The van der Waals surface area contributed by atoms with Crippen molar-refractivity contribution in [2.45, 2.75) is 25.7 Å². The van der Waals surface area contributed by atoms with Crippen LogP contribution in [0.15, 0.2) is 12.1 Å². The number of nitrogens with zero attached hydrogens (tertiary/aromatic N) is 1. The van der Waals surface area contributed by atoms with E-state index in [1.807, 2.05) is 0 Å². The third-order valence-corrected chi connectivity index (χ3v) is 3.55. The molecule has 1 aliphatic carbocycles. The SMILES string of the molecule is Nc1c2c(nc3c(F)cc(Cl)cc13)CCCC2. The van der Waals surface area contributed by atoms with Gasteiger partial charge in [0.15, 0.2) is 5.82 Å². The first-order chi connectivity index (χ1) is 8.16. The summed E-state index contributed by atoms with van der Waals surface area (Å²) in [7, 11) is 0. The molecule has 1 aromatic heterocycles. The molecular formula is C13H12ClFN2. The molecule has 2 nitrogen and oxygen atoms in total. The van der Waals surface area contributed by atoms with Crippen molar-refractivity contribution in [3.8, 4) is 0 Å². The van der Waals surface area contributed by atoms with Gasteiger partial charge >= 0.3 is 0 Å².